The summed E-state index contributed by atoms with van der Waals surface area (Å²) < 4.78 is 1.76. The van der Waals surface area contributed by atoms with Crippen molar-refractivity contribution in [1.29, 1.82) is 0 Å². The number of unbranched alkanes of at least 4 members (excludes halogenated alkanes) is 17. The Kier molecular flexibility index (Phi) is 16.5. The van der Waals surface area contributed by atoms with Gasteiger partial charge in [-0.3, -0.25) is 0 Å². The van der Waals surface area contributed by atoms with E-state index >= 15 is 0 Å². The molecule has 0 saturated heterocycles. The van der Waals surface area contributed by atoms with Gasteiger partial charge in [0, 0.05) is 16.7 Å². The van der Waals surface area contributed by atoms with Gasteiger partial charge in [-0.1, -0.05) is 158 Å². The fourth-order valence-corrected chi connectivity index (χ4v) is 6.44. The molecule has 1 heterocycles. The van der Waals surface area contributed by atoms with Crippen LogP contribution in [0.4, 0.5) is 0 Å². The highest BCUT2D eigenvalue weighted by Gasteiger charge is 2.34. The first-order chi connectivity index (χ1) is 21.1. The molecule has 0 spiro atoms. The second-order valence-electron chi connectivity index (χ2n) is 13.1. The van der Waals surface area contributed by atoms with Crippen molar-refractivity contribution in [2.75, 3.05) is 0 Å². The summed E-state index contributed by atoms with van der Waals surface area (Å²) in [4.78, 5) is 0. The van der Waals surface area contributed by atoms with E-state index in [1.165, 1.54) is 143 Å². The standard InChI is InChI=1S/C41H62N2/c1-5-7-9-11-13-14-15-16-17-18-19-21-23-25-39-38(24-22-20-12-10-8-6-2)40(36-30-26-34(3)27-31-36)43(42)41(39)37-32-28-35(4)29-33-37/h25-33,42H,5-24H2,1-4H3. The predicted octanol–water partition coefficient (Wildman–Crippen LogP) is 13.3. The quantitative estimate of drug-likeness (QED) is 0.0975. The highest BCUT2D eigenvalue weighted by molar-refractivity contribution is 6.16. The molecule has 0 bridgehead atoms. The molecule has 0 aromatic heterocycles. The average molecular weight is 583 g/mol. The first kappa shape index (κ1) is 34.9. The van der Waals surface area contributed by atoms with Gasteiger partial charge in [0.05, 0.1) is 5.57 Å². The normalized spacial score (nSPS) is 14.5. The van der Waals surface area contributed by atoms with Crippen molar-refractivity contribution in [3.05, 3.63) is 93.8 Å². The summed E-state index contributed by atoms with van der Waals surface area (Å²) in [5, 5.41) is 0. The monoisotopic (exact) mass is 582 g/mol. The molecule has 0 amide bonds. The molecular weight excluding hydrogens is 520 g/mol. The number of rotatable bonds is 22. The molecule has 1 aliphatic heterocycles. The lowest BCUT2D eigenvalue weighted by Crippen LogP contribution is -2.11. The predicted molar refractivity (Wildman–Crippen MR) is 190 cm³/mol. The van der Waals surface area contributed by atoms with Crippen LogP contribution in [-0.4, -0.2) is 10.4 Å². The molecule has 2 aromatic rings. The maximum atomic E-state index is 9.43. The Bertz CT molecular complexity index is 1150. The van der Waals surface area contributed by atoms with Crippen molar-refractivity contribution in [2.24, 2.45) is 0 Å². The zero-order valence-electron chi connectivity index (χ0n) is 28.3. The van der Waals surface area contributed by atoms with Gasteiger partial charge in [-0.2, -0.15) is 0 Å². The third-order valence-corrected chi connectivity index (χ3v) is 9.15. The van der Waals surface area contributed by atoms with Gasteiger partial charge in [-0.15, -0.1) is 0 Å². The van der Waals surface area contributed by atoms with Crippen molar-refractivity contribution in [1.82, 2.24) is 0 Å². The van der Waals surface area contributed by atoms with E-state index in [0.29, 0.717) is 0 Å². The maximum Gasteiger partial charge on any atom is 0.215 e. The van der Waals surface area contributed by atoms with Gasteiger partial charge in [-0.25, -0.2) is 4.68 Å². The Hall–Kier alpha value is -2.61. The minimum absolute atomic E-state index is 1.05. The van der Waals surface area contributed by atoms with E-state index in [4.69, 9.17) is 0 Å². The van der Waals surface area contributed by atoms with Crippen LogP contribution in [-0.2, 0) is 0 Å². The van der Waals surface area contributed by atoms with E-state index in [2.05, 4.69) is 82.3 Å². The Morgan fingerprint density at radius 3 is 1.44 bits per heavy atom. The number of benzene rings is 2. The molecule has 2 heteroatoms. The van der Waals surface area contributed by atoms with Crippen molar-refractivity contribution in [3.8, 4) is 0 Å². The molecule has 0 aliphatic carbocycles. The van der Waals surface area contributed by atoms with Gasteiger partial charge in [0.25, 0.3) is 0 Å². The highest BCUT2D eigenvalue weighted by Crippen LogP contribution is 2.38. The number of aryl methyl sites for hydroxylation is 2. The third-order valence-electron chi connectivity index (χ3n) is 9.15. The van der Waals surface area contributed by atoms with Gasteiger partial charge in [0.1, 0.15) is 0 Å². The molecular formula is C41H62N2. The van der Waals surface area contributed by atoms with Crippen molar-refractivity contribution in [2.45, 2.75) is 156 Å². The second kappa shape index (κ2) is 20.4. The van der Waals surface area contributed by atoms with E-state index in [1.54, 1.807) is 4.68 Å². The SMILES string of the molecule is CCCCCCCCCCCCCCC=C1C(CCCCCCCC)=C(c2ccc(C)cc2)[N+]([NH-])=C1c1ccc(C)cc1. The molecule has 0 saturated carbocycles. The Labute approximate surface area is 265 Å². The zero-order chi connectivity index (χ0) is 30.7. The lowest BCUT2D eigenvalue weighted by Gasteiger charge is -2.09. The maximum absolute atomic E-state index is 9.43. The minimum Gasteiger partial charge on any atom is -0.448 e. The molecule has 0 radical (unpaired) electrons. The van der Waals surface area contributed by atoms with Crippen molar-refractivity contribution < 1.29 is 4.68 Å². The topological polar surface area (TPSA) is 26.8 Å². The summed E-state index contributed by atoms with van der Waals surface area (Å²) in [7, 11) is 0. The highest BCUT2D eigenvalue weighted by atomic mass is 15.3. The second-order valence-corrected chi connectivity index (χ2v) is 13.1. The first-order valence-electron chi connectivity index (χ1n) is 18.0. The number of hydrogen-bond donors (Lipinski definition) is 0. The van der Waals surface area contributed by atoms with Gasteiger partial charge >= 0.3 is 0 Å². The van der Waals surface area contributed by atoms with Gasteiger partial charge in [0.2, 0.25) is 11.4 Å². The van der Waals surface area contributed by atoms with Crippen LogP contribution in [0, 0.1) is 13.8 Å². The number of nitrogens with zero attached hydrogens (tertiary/aromatic N) is 1. The molecule has 2 nitrogen and oxygen atoms in total. The Morgan fingerprint density at radius 2 is 0.953 bits per heavy atom. The molecule has 1 aliphatic rings. The van der Waals surface area contributed by atoms with Crippen LogP contribution in [0.1, 0.15) is 165 Å². The molecule has 0 unspecified atom stereocenters. The third kappa shape index (κ3) is 11.8. The fraction of sp³-hybridized carbons (Fsp3) is 0.585. The summed E-state index contributed by atoms with van der Waals surface area (Å²) in [6.07, 6.45) is 28.9. The van der Waals surface area contributed by atoms with E-state index < -0.39 is 0 Å². The molecule has 1 N–H and O–H groups in total. The van der Waals surface area contributed by atoms with Crippen LogP contribution in [0.15, 0.2) is 65.8 Å². The fourth-order valence-electron chi connectivity index (χ4n) is 6.44. The molecule has 0 atom stereocenters. The molecule has 2 aromatic carbocycles. The molecule has 0 fully saturated rings. The van der Waals surface area contributed by atoms with E-state index in [9.17, 15) is 5.84 Å². The lowest BCUT2D eigenvalue weighted by molar-refractivity contribution is -0.347. The smallest absolute Gasteiger partial charge is 0.215 e. The molecule has 236 valence electrons. The lowest BCUT2D eigenvalue weighted by atomic mass is 9.90. The summed E-state index contributed by atoms with van der Waals surface area (Å²) in [5.74, 6) is 9.43. The Balaban J connectivity index is 1.70. The summed E-state index contributed by atoms with van der Waals surface area (Å²) in [6, 6.07) is 17.6. The van der Waals surface area contributed by atoms with E-state index in [0.717, 1.165) is 29.8 Å². The van der Waals surface area contributed by atoms with Crippen LogP contribution in [0.2, 0.25) is 0 Å². The zero-order valence-corrected chi connectivity index (χ0v) is 28.3. The van der Waals surface area contributed by atoms with Crippen molar-refractivity contribution in [3.63, 3.8) is 0 Å². The Morgan fingerprint density at radius 1 is 0.535 bits per heavy atom. The van der Waals surface area contributed by atoms with Crippen LogP contribution in [0.3, 0.4) is 0 Å². The summed E-state index contributed by atoms with van der Waals surface area (Å²) in [6.45, 7) is 8.87. The van der Waals surface area contributed by atoms with Crippen LogP contribution < -0.4 is 0 Å². The largest absolute Gasteiger partial charge is 0.448 e. The van der Waals surface area contributed by atoms with E-state index in [1.807, 2.05) is 0 Å². The van der Waals surface area contributed by atoms with Gasteiger partial charge in [-0.05, 0) is 63.8 Å². The van der Waals surface area contributed by atoms with Gasteiger partial charge < -0.3 is 5.84 Å². The average Bonchev–Trinajstić information content (AvgIpc) is 3.28. The summed E-state index contributed by atoms with van der Waals surface area (Å²) >= 11 is 0. The van der Waals surface area contributed by atoms with Gasteiger partial charge in [0.15, 0.2) is 0 Å². The number of nitrogens with one attached hydrogen (secondary N) is 1. The number of allylic oxidation sites excluding steroid dienone is 3. The van der Waals surface area contributed by atoms with E-state index in [-0.39, 0.29) is 0 Å². The minimum atomic E-state index is 1.05. The summed E-state index contributed by atoms with van der Waals surface area (Å²) in [5.41, 5.74) is 9.70. The van der Waals surface area contributed by atoms with Crippen LogP contribution in [0.25, 0.3) is 11.5 Å². The van der Waals surface area contributed by atoms with Crippen molar-refractivity contribution >= 4 is 11.4 Å². The molecule has 3 rings (SSSR count). The first-order valence-corrected chi connectivity index (χ1v) is 18.0. The molecule has 43 heavy (non-hydrogen) atoms. The van der Waals surface area contributed by atoms with Crippen LogP contribution >= 0.6 is 0 Å². The number of hydrogen-bond acceptors (Lipinski definition) is 0. The van der Waals surface area contributed by atoms with Crippen LogP contribution in [0.5, 0.6) is 0 Å².